The van der Waals surface area contributed by atoms with Gasteiger partial charge < -0.3 is 4.90 Å². The number of nitrogens with zero attached hydrogens (tertiary/aromatic N) is 2. The molecule has 21 heavy (non-hydrogen) atoms. The van der Waals surface area contributed by atoms with E-state index in [1.807, 2.05) is 44.2 Å². The molecule has 0 heterocycles. The van der Waals surface area contributed by atoms with Gasteiger partial charge in [-0.15, -0.1) is 0 Å². The highest BCUT2D eigenvalue weighted by Crippen LogP contribution is 2.56. The van der Waals surface area contributed by atoms with E-state index in [0.29, 0.717) is 19.5 Å². The van der Waals surface area contributed by atoms with Gasteiger partial charge in [-0.3, -0.25) is 14.9 Å². The number of carbonyl (C=O) groups is 1. The van der Waals surface area contributed by atoms with Gasteiger partial charge in [-0.25, -0.2) is 0 Å². The lowest BCUT2D eigenvalue weighted by atomic mass is 9.91. The summed E-state index contributed by atoms with van der Waals surface area (Å²) < 4.78 is 0. The second kappa shape index (κ2) is 6.08. The quantitative estimate of drug-likeness (QED) is 0.597. The van der Waals surface area contributed by atoms with Gasteiger partial charge in [-0.05, 0) is 31.9 Å². The summed E-state index contributed by atoms with van der Waals surface area (Å²) in [5.74, 6) is -0.0323. The first-order valence-corrected chi connectivity index (χ1v) is 7.23. The van der Waals surface area contributed by atoms with Gasteiger partial charge in [0.05, 0.1) is 10.3 Å². The van der Waals surface area contributed by atoms with Crippen LogP contribution in [0, 0.1) is 16.0 Å². The fraction of sp³-hybridized carbons (Fsp3) is 0.438. The standard InChI is InChI=1S/C16H20N2O3/c1-3-17(4-2)15(19)16(13-8-6-5-7-9-13)12-14(16)10-11-18(20)21/h5-11,14H,3-4,12H2,1-2H3/b11-10+/t14-,16-/m1/s1. The lowest BCUT2D eigenvalue weighted by Gasteiger charge is -2.26. The zero-order valence-electron chi connectivity index (χ0n) is 12.4. The van der Waals surface area contributed by atoms with Crippen molar-refractivity contribution in [3.8, 4) is 0 Å². The van der Waals surface area contributed by atoms with Gasteiger partial charge >= 0.3 is 0 Å². The van der Waals surface area contributed by atoms with Crippen LogP contribution in [0.25, 0.3) is 0 Å². The van der Waals surface area contributed by atoms with Crippen LogP contribution in [-0.4, -0.2) is 28.8 Å². The number of hydrogen-bond acceptors (Lipinski definition) is 3. The van der Waals surface area contributed by atoms with Gasteiger partial charge in [0, 0.05) is 19.0 Å². The zero-order chi connectivity index (χ0) is 15.5. The third kappa shape index (κ3) is 2.82. The topological polar surface area (TPSA) is 63.5 Å². The summed E-state index contributed by atoms with van der Waals surface area (Å²) in [7, 11) is 0. The fourth-order valence-corrected chi connectivity index (χ4v) is 2.92. The van der Waals surface area contributed by atoms with Crippen LogP contribution in [-0.2, 0) is 10.2 Å². The molecule has 1 fully saturated rings. The Morgan fingerprint density at radius 2 is 2.00 bits per heavy atom. The highest BCUT2D eigenvalue weighted by molar-refractivity contribution is 5.92. The molecule has 1 aromatic carbocycles. The Labute approximate surface area is 124 Å². The molecule has 0 aliphatic heterocycles. The van der Waals surface area contributed by atoms with E-state index in [9.17, 15) is 14.9 Å². The van der Waals surface area contributed by atoms with Crippen molar-refractivity contribution in [2.45, 2.75) is 25.7 Å². The zero-order valence-corrected chi connectivity index (χ0v) is 12.4. The molecule has 0 spiro atoms. The Morgan fingerprint density at radius 1 is 1.38 bits per heavy atom. The van der Waals surface area contributed by atoms with Gasteiger partial charge in [-0.2, -0.15) is 0 Å². The molecule has 1 amide bonds. The summed E-state index contributed by atoms with van der Waals surface area (Å²) in [5, 5.41) is 10.5. The van der Waals surface area contributed by atoms with Crippen LogP contribution in [0.2, 0.25) is 0 Å². The molecule has 2 rings (SSSR count). The third-order valence-electron chi connectivity index (χ3n) is 4.18. The second-order valence-corrected chi connectivity index (χ2v) is 5.25. The highest BCUT2D eigenvalue weighted by atomic mass is 16.6. The SMILES string of the molecule is CCN(CC)C(=O)[C@@]1(c2ccccc2)C[C@H]1/C=C/[N+](=O)[O-]. The van der Waals surface area contributed by atoms with Crippen molar-refractivity contribution in [1.29, 1.82) is 0 Å². The monoisotopic (exact) mass is 288 g/mol. The summed E-state index contributed by atoms with van der Waals surface area (Å²) >= 11 is 0. The number of amides is 1. The molecule has 1 aliphatic carbocycles. The van der Waals surface area contributed by atoms with Crippen LogP contribution >= 0.6 is 0 Å². The van der Waals surface area contributed by atoms with Crippen LogP contribution < -0.4 is 0 Å². The summed E-state index contributed by atoms with van der Waals surface area (Å²) in [6.07, 6.45) is 3.13. The molecule has 0 N–H and O–H groups in total. The number of allylic oxidation sites excluding steroid dienone is 1. The number of likely N-dealkylation sites (N-methyl/N-ethyl adjacent to an activating group) is 1. The average molecular weight is 288 g/mol. The first kappa shape index (κ1) is 15.2. The van der Waals surface area contributed by atoms with Crippen LogP contribution in [0.3, 0.4) is 0 Å². The smallest absolute Gasteiger partial charge is 0.233 e. The van der Waals surface area contributed by atoms with Crippen molar-refractivity contribution in [2.24, 2.45) is 5.92 Å². The fourth-order valence-electron chi connectivity index (χ4n) is 2.92. The molecule has 0 radical (unpaired) electrons. The molecule has 0 bridgehead atoms. The van der Waals surface area contributed by atoms with E-state index in [4.69, 9.17) is 0 Å². The lowest BCUT2D eigenvalue weighted by molar-refractivity contribution is -0.402. The van der Waals surface area contributed by atoms with Crippen LogP contribution in [0.5, 0.6) is 0 Å². The Hall–Kier alpha value is -2.17. The molecule has 0 saturated heterocycles. The maximum absolute atomic E-state index is 12.9. The third-order valence-corrected chi connectivity index (χ3v) is 4.18. The molecular formula is C16H20N2O3. The predicted octanol–water partition coefficient (Wildman–Crippen LogP) is 2.60. The maximum atomic E-state index is 12.9. The normalized spacial score (nSPS) is 24.0. The van der Waals surface area contributed by atoms with Crippen molar-refractivity contribution in [2.75, 3.05) is 13.1 Å². The Balaban J connectivity index is 2.34. The van der Waals surface area contributed by atoms with Gasteiger partial charge in [0.15, 0.2) is 0 Å². The summed E-state index contributed by atoms with van der Waals surface area (Å²) in [6.45, 7) is 5.19. The van der Waals surface area contributed by atoms with Crippen molar-refractivity contribution in [3.63, 3.8) is 0 Å². The van der Waals surface area contributed by atoms with Crippen molar-refractivity contribution in [3.05, 3.63) is 58.3 Å². The number of benzene rings is 1. The van der Waals surface area contributed by atoms with E-state index >= 15 is 0 Å². The molecule has 2 atom stereocenters. The van der Waals surface area contributed by atoms with Gasteiger partial charge in [-0.1, -0.05) is 30.3 Å². The molecule has 112 valence electrons. The van der Waals surface area contributed by atoms with E-state index in [-0.39, 0.29) is 11.8 Å². The summed E-state index contributed by atoms with van der Waals surface area (Å²) in [4.78, 5) is 24.7. The molecule has 0 aromatic heterocycles. The minimum absolute atomic E-state index is 0.0664. The van der Waals surface area contributed by atoms with Crippen molar-refractivity contribution < 1.29 is 9.72 Å². The molecule has 0 unspecified atom stereocenters. The van der Waals surface area contributed by atoms with Gasteiger partial charge in [0.25, 0.3) is 0 Å². The summed E-state index contributed by atoms with van der Waals surface area (Å²) in [6, 6.07) is 9.57. The second-order valence-electron chi connectivity index (χ2n) is 5.25. The van der Waals surface area contributed by atoms with Gasteiger partial charge in [0.2, 0.25) is 12.1 Å². The Morgan fingerprint density at radius 3 is 2.52 bits per heavy atom. The van der Waals surface area contributed by atoms with E-state index in [1.165, 1.54) is 0 Å². The number of rotatable bonds is 6. The number of carbonyl (C=O) groups excluding carboxylic acids is 1. The van der Waals surface area contributed by atoms with E-state index in [0.717, 1.165) is 11.8 Å². The van der Waals surface area contributed by atoms with E-state index < -0.39 is 10.3 Å². The molecular weight excluding hydrogens is 268 g/mol. The average Bonchev–Trinajstić information content (AvgIpc) is 3.23. The Bertz CT molecular complexity index is 552. The largest absolute Gasteiger partial charge is 0.342 e. The minimum Gasteiger partial charge on any atom is -0.342 e. The number of hydrogen-bond donors (Lipinski definition) is 0. The van der Waals surface area contributed by atoms with Crippen molar-refractivity contribution >= 4 is 5.91 Å². The highest BCUT2D eigenvalue weighted by Gasteiger charge is 2.61. The van der Waals surface area contributed by atoms with Crippen LogP contribution in [0.1, 0.15) is 25.8 Å². The first-order chi connectivity index (χ1) is 10.1. The molecule has 1 saturated carbocycles. The first-order valence-electron chi connectivity index (χ1n) is 7.23. The predicted molar refractivity (Wildman–Crippen MR) is 80.3 cm³/mol. The molecule has 5 heteroatoms. The molecule has 1 aromatic rings. The van der Waals surface area contributed by atoms with E-state index in [1.54, 1.807) is 11.0 Å². The summed E-state index contributed by atoms with van der Waals surface area (Å²) in [5.41, 5.74) is 0.319. The molecule has 5 nitrogen and oxygen atoms in total. The Kier molecular flexibility index (Phi) is 4.40. The number of nitro groups is 1. The van der Waals surface area contributed by atoms with Crippen LogP contribution in [0.15, 0.2) is 42.6 Å². The van der Waals surface area contributed by atoms with Crippen LogP contribution in [0.4, 0.5) is 0 Å². The van der Waals surface area contributed by atoms with Gasteiger partial charge in [0.1, 0.15) is 0 Å². The minimum atomic E-state index is -0.625. The molecule has 1 aliphatic rings. The van der Waals surface area contributed by atoms with Crippen molar-refractivity contribution in [1.82, 2.24) is 4.90 Å². The van der Waals surface area contributed by atoms with E-state index in [2.05, 4.69) is 0 Å². The maximum Gasteiger partial charge on any atom is 0.233 e. The lowest BCUT2D eigenvalue weighted by Crippen LogP contribution is -2.40.